The third kappa shape index (κ3) is 6.40. The van der Waals surface area contributed by atoms with E-state index in [-0.39, 0.29) is 0 Å². The van der Waals surface area contributed by atoms with Crippen LogP contribution in [0.1, 0.15) is 0 Å². The smallest absolute Gasteiger partial charge is 0.160 e. The summed E-state index contributed by atoms with van der Waals surface area (Å²) >= 11 is 0. The van der Waals surface area contributed by atoms with Crippen molar-refractivity contribution >= 4 is 39.0 Å². The number of benzene rings is 8. The number of nitrogens with zero attached hydrogens (tertiary/aromatic N) is 3. The third-order valence-electron chi connectivity index (χ3n) is 10.3. The Balaban J connectivity index is 0.989. The van der Waals surface area contributed by atoms with Gasteiger partial charge in [-0.1, -0.05) is 146 Å². The number of para-hydroxylation sites is 1. The van der Waals surface area contributed by atoms with Crippen LogP contribution in [0.5, 0.6) is 0 Å². The highest BCUT2D eigenvalue weighted by molar-refractivity contribution is 6.07. The van der Waals surface area contributed by atoms with Gasteiger partial charge in [0.25, 0.3) is 0 Å². The van der Waals surface area contributed by atoms with E-state index in [9.17, 15) is 0 Å². The molecule has 0 N–H and O–H groups in total. The van der Waals surface area contributed by atoms with Crippen LogP contribution in [0.2, 0.25) is 0 Å². The van der Waals surface area contributed by atoms with Crippen LogP contribution in [0.25, 0.3) is 78.1 Å². The third-order valence-corrected chi connectivity index (χ3v) is 10.3. The van der Waals surface area contributed by atoms with Crippen LogP contribution >= 0.6 is 0 Å². The Bertz CT molecular complexity index is 2880. The Morgan fingerprint density at radius 1 is 0.304 bits per heavy atom. The normalized spacial score (nSPS) is 11.2. The molecule has 0 unspecified atom stereocenters. The summed E-state index contributed by atoms with van der Waals surface area (Å²) in [6.45, 7) is 0. The first-order chi connectivity index (χ1) is 27.7. The fraction of sp³-hybridized carbons (Fsp3) is 0. The van der Waals surface area contributed by atoms with Gasteiger partial charge in [0.15, 0.2) is 5.82 Å². The van der Waals surface area contributed by atoms with E-state index in [2.05, 4.69) is 169 Å². The van der Waals surface area contributed by atoms with Crippen LogP contribution < -0.4 is 4.90 Å². The van der Waals surface area contributed by atoms with Crippen molar-refractivity contribution in [1.29, 1.82) is 0 Å². The zero-order valence-electron chi connectivity index (χ0n) is 30.5. The molecule has 0 aliphatic rings. The van der Waals surface area contributed by atoms with Crippen LogP contribution in [0.3, 0.4) is 0 Å². The minimum atomic E-state index is 0.690. The molecule has 264 valence electrons. The molecule has 0 amide bonds. The molecular weight excluding hydrogens is 683 g/mol. The Morgan fingerprint density at radius 3 is 1.41 bits per heavy atom. The molecule has 0 fully saturated rings. The molecule has 4 heteroatoms. The fourth-order valence-corrected chi connectivity index (χ4v) is 7.47. The van der Waals surface area contributed by atoms with Gasteiger partial charge in [-0.3, -0.25) is 0 Å². The summed E-state index contributed by atoms with van der Waals surface area (Å²) in [5.74, 6) is 0.690. The number of rotatable bonds is 8. The summed E-state index contributed by atoms with van der Waals surface area (Å²) in [4.78, 5) is 12.3. The van der Waals surface area contributed by atoms with Crippen LogP contribution in [-0.4, -0.2) is 9.97 Å². The van der Waals surface area contributed by atoms with E-state index in [4.69, 9.17) is 14.4 Å². The molecule has 0 saturated carbocycles. The molecule has 0 spiro atoms. The SMILES string of the molecule is c1ccc(-c2cccc(N(c3ccccc3)c3ccc(-c4ccc5c(c4)oc4cc(-c6cc(-c7ccccc7)nc(-c7ccccc7)n6)ccc45)cc3)c2)cc1. The van der Waals surface area contributed by atoms with Crippen LogP contribution in [0, 0.1) is 0 Å². The van der Waals surface area contributed by atoms with Gasteiger partial charge in [-0.05, 0) is 89.0 Å². The van der Waals surface area contributed by atoms with Gasteiger partial charge >= 0.3 is 0 Å². The van der Waals surface area contributed by atoms with Gasteiger partial charge in [0.2, 0.25) is 0 Å². The number of fused-ring (bicyclic) bond motifs is 3. The first-order valence-corrected chi connectivity index (χ1v) is 18.8. The van der Waals surface area contributed by atoms with Gasteiger partial charge in [-0.2, -0.15) is 0 Å². The summed E-state index contributed by atoms with van der Waals surface area (Å²) in [5, 5.41) is 2.15. The molecule has 0 bridgehead atoms. The molecule has 10 rings (SSSR count). The predicted octanol–water partition coefficient (Wildman–Crippen LogP) is 14.2. The molecule has 0 aliphatic carbocycles. The maximum absolute atomic E-state index is 6.58. The minimum Gasteiger partial charge on any atom is -0.456 e. The van der Waals surface area contributed by atoms with E-state index in [1.54, 1.807) is 0 Å². The van der Waals surface area contributed by atoms with Crippen LogP contribution in [0.15, 0.2) is 217 Å². The number of anilines is 3. The lowest BCUT2D eigenvalue weighted by atomic mass is 10.0. The first-order valence-electron chi connectivity index (χ1n) is 18.8. The molecule has 0 saturated heterocycles. The lowest BCUT2D eigenvalue weighted by molar-refractivity contribution is 0.669. The zero-order chi connectivity index (χ0) is 37.3. The molecule has 0 aliphatic heterocycles. The lowest BCUT2D eigenvalue weighted by Gasteiger charge is -2.26. The summed E-state index contributed by atoms with van der Waals surface area (Å²) in [6.07, 6.45) is 0. The van der Waals surface area contributed by atoms with E-state index in [0.29, 0.717) is 5.82 Å². The second kappa shape index (κ2) is 14.3. The number of furan rings is 1. The van der Waals surface area contributed by atoms with Gasteiger partial charge in [-0.25, -0.2) is 9.97 Å². The Kier molecular flexibility index (Phi) is 8.47. The van der Waals surface area contributed by atoms with Gasteiger partial charge in [0.05, 0.1) is 11.4 Å². The number of hydrogen-bond donors (Lipinski definition) is 0. The molecule has 0 atom stereocenters. The van der Waals surface area contributed by atoms with Crippen molar-refractivity contribution in [2.75, 3.05) is 4.90 Å². The molecule has 4 nitrogen and oxygen atoms in total. The van der Waals surface area contributed by atoms with Gasteiger partial charge < -0.3 is 9.32 Å². The molecule has 2 heterocycles. The van der Waals surface area contributed by atoms with Crippen molar-refractivity contribution in [2.24, 2.45) is 0 Å². The van der Waals surface area contributed by atoms with Crippen LogP contribution in [0.4, 0.5) is 17.1 Å². The van der Waals surface area contributed by atoms with Gasteiger partial charge in [0, 0.05) is 44.5 Å². The second-order valence-corrected chi connectivity index (χ2v) is 13.9. The number of hydrogen-bond acceptors (Lipinski definition) is 4. The highest BCUT2D eigenvalue weighted by Gasteiger charge is 2.16. The van der Waals surface area contributed by atoms with E-state index >= 15 is 0 Å². The molecule has 10 aromatic rings. The quantitative estimate of drug-likeness (QED) is 0.157. The van der Waals surface area contributed by atoms with Crippen molar-refractivity contribution in [2.45, 2.75) is 0 Å². The van der Waals surface area contributed by atoms with E-state index in [1.165, 1.54) is 11.1 Å². The molecular formula is C52H35N3O. The maximum atomic E-state index is 6.58. The monoisotopic (exact) mass is 717 g/mol. The maximum Gasteiger partial charge on any atom is 0.160 e. The molecule has 0 radical (unpaired) electrons. The summed E-state index contributed by atoms with van der Waals surface area (Å²) in [6, 6.07) is 73.9. The summed E-state index contributed by atoms with van der Waals surface area (Å²) < 4.78 is 6.58. The number of aromatic nitrogens is 2. The Hall–Kier alpha value is -7.56. The molecule has 8 aromatic carbocycles. The highest BCUT2D eigenvalue weighted by Crippen LogP contribution is 2.39. The molecule has 56 heavy (non-hydrogen) atoms. The average molecular weight is 718 g/mol. The zero-order valence-corrected chi connectivity index (χ0v) is 30.5. The standard InChI is InChI=1S/C52H35N3O/c1-5-14-36(15-6-1)40-20-13-23-45(32-40)55(43-21-11-4-12-22-43)44-28-24-37(25-29-44)41-26-30-46-47-31-27-42(34-51(47)56-50(46)33-41)49-35-48(38-16-7-2-8-17-38)53-52(54-49)39-18-9-3-10-19-39/h1-35H. The lowest BCUT2D eigenvalue weighted by Crippen LogP contribution is -2.09. The van der Waals surface area contributed by atoms with E-state index in [1.807, 2.05) is 48.5 Å². The second-order valence-electron chi connectivity index (χ2n) is 13.9. The van der Waals surface area contributed by atoms with Gasteiger partial charge in [-0.15, -0.1) is 0 Å². The van der Waals surface area contributed by atoms with Crippen molar-refractivity contribution in [3.05, 3.63) is 212 Å². The van der Waals surface area contributed by atoms with Crippen molar-refractivity contribution in [3.8, 4) is 56.2 Å². The van der Waals surface area contributed by atoms with Crippen molar-refractivity contribution < 1.29 is 4.42 Å². The van der Waals surface area contributed by atoms with Gasteiger partial charge in [0.1, 0.15) is 11.2 Å². The van der Waals surface area contributed by atoms with E-state index < -0.39 is 0 Å². The topological polar surface area (TPSA) is 42.2 Å². The largest absolute Gasteiger partial charge is 0.456 e. The van der Waals surface area contributed by atoms with Crippen molar-refractivity contribution in [3.63, 3.8) is 0 Å². The van der Waals surface area contributed by atoms with Crippen molar-refractivity contribution in [1.82, 2.24) is 9.97 Å². The minimum absolute atomic E-state index is 0.690. The van der Waals surface area contributed by atoms with E-state index in [0.717, 1.165) is 78.2 Å². The Labute approximate surface area is 325 Å². The van der Waals surface area contributed by atoms with Crippen LogP contribution in [-0.2, 0) is 0 Å². The average Bonchev–Trinajstić information content (AvgIpc) is 3.65. The summed E-state index contributed by atoms with van der Waals surface area (Å²) in [5.41, 5.74) is 14.2. The predicted molar refractivity (Wildman–Crippen MR) is 231 cm³/mol. The molecule has 2 aromatic heterocycles. The fourth-order valence-electron chi connectivity index (χ4n) is 7.47. The Morgan fingerprint density at radius 2 is 0.750 bits per heavy atom. The first kappa shape index (κ1) is 33.0. The highest BCUT2D eigenvalue weighted by atomic mass is 16.3. The summed E-state index contributed by atoms with van der Waals surface area (Å²) in [7, 11) is 0.